The Balaban J connectivity index is 1.65. The first kappa shape index (κ1) is 17.9. The summed E-state index contributed by atoms with van der Waals surface area (Å²) in [6.07, 6.45) is 3.11. The van der Waals surface area contributed by atoms with E-state index in [-0.39, 0.29) is 17.5 Å². The summed E-state index contributed by atoms with van der Waals surface area (Å²) >= 11 is 5.89. The van der Waals surface area contributed by atoms with Crippen molar-refractivity contribution in [3.05, 3.63) is 94.5 Å². The summed E-state index contributed by atoms with van der Waals surface area (Å²) in [5, 5.41) is 4.16. The number of hydrogen-bond donors (Lipinski definition) is 1. The number of amides is 1. The third-order valence-electron chi connectivity index (χ3n) is 4.43. The molecule has 0 radical (unpaired) electrons. The van der Waals surface area contributed by atoms with E-state index in [1.165, 1.54) is 6.20 Å². The van der Waals surface area contributed by atoms with Gasteiger partial charge in [-0.3, -0.25) is 14.6 Å². The lowest BCUT2D eigenvalue weighted by molar-refractivity contribution is 0.101. The van der Waals surface area contributed by atoms with Crippen LogP contribution in [0.4, 0.5) is 5.69 Å². The molecule has 0 unspecified atom stereocenters. The molecule has 0 aliphatic carbocycles. The van der Waals surface area contributed by atoms with Crippen LogP contribution < -0.4 is 5.32 Å². The van der Waals surface area contributed by atoms with Crippen molar-refractivity contribution in [1.82, 2.24) is 4.98 Å². The van der Waals surface area contributed by atoms with Gasteiger partial charge in [0.05, 0.1) is 5.56 Å². The Labute approximate surface area is 166 Å². The van der Waals surface area contributed by atoms with Crippen LogP contribution in [-0.2, 0) is 0 Å². The molecule has 0 atom stereocenters. The quantitative estimate of drug-likeness (QED) is 0.481. The van der Waals surface area contributed by atoms with Crippen molar-refractivity contribution in [2.75, 3.05) is 5.32 Å². The smallest absolute Gasteiger partial charge is 0.257 e. The Bertz CT molecular complexity index is 1180. The van der Waals surface area contributed by atoms with Gasteiger partial charge in [0.2, 0.25) is 5.78 Å². The maximum atomic E-state index is 12.8. The summed E-state index contributed by atoms with van der Waals surface area (Å²) < 4.78 is 5.78. The molecule has 0 aliphatic rings. The van der Waals surface area contributed by atoms with E-state index >= 15 is 0 Å². The average Bonchev–Trinajstić information content (AvgIpc) is 3.05. The van der Waals surface area contributed by atoms with Gasteiger partial charge in [-0.1, -0.05) is 11.6 Å². The van der Waals surface area contributed by atoms with Gasteiger partial charge in [0.15, 0.2) is 5.76 Å². The molecule has 2 aromatic carbocycles. The fourth-order valence-electron chi connectivity index (χ4n) is 2.95. The molecule has 0 bridgehead atoms. The predicted molar refractivity (Wildman–Crippen MR) is 108 cm³/mol. The fourth-order valence-corrected chi connectivity index (χ4v) is 3.07. The van der Waals surface area contributed by atoms with Gasteiger partial charge >= 0.3 is 0 Å². The number of nitrogens with zero attached hydrogens (tertiary/aromatic N) is 1. The Hall–Kier alpha value is -3.44. The molecular formula is C22H15ClN2O3. The summed E-state index contributed by atoms with van der Waals surface area (Å²) in [7, 11) is 0. The highest BCUT2D eigenvalue weighted by atomic mass is 35.5. The summed E-state index contributed by atoms with van der Waals surface area (Å²) in [6, 6.07) is 15.3. The van der Waals surface area contributed by atoms with E-state index in [9.17, 15) is 9.59 Å². The summed E-state index contributed by atoms with van der Waals surface area (Å²) in [5.41, 5.74) is 2.86. The van der Waals surface area contributed by atoms with Crippen LogP contribution in [-0.4, -0.2) is 16.7 Å². The van der Waals surface area contributed by atoms with E-state index in [2.05, 4.69) is 10.3 Å². The number of rotatable bonds is 4. The van der Waals surface area contributed by atoms with Crippen molar-refractivity contribution in [2.24, 2.45) is 0 Å². The molecule has 4 aromatic rings. The number of carbonyl (C=O) groups is 2. The number of ketones is 1. The van der Waals surface area contributed by atoms with Gasteiger partial charge in [-0.25, -0.2) is 0 Å². The highest BCUT2D eigenvalue weighted by molar-refractivity contribution is 6.30. The number of pyridine rings is 1. The summed E-state index contributed by atoms with van der Waals surface area (Å²) in [4.78, 5) is 29.1. The van der Waals surface area contributed by atoms with Gasteiger partial charge in [0.25, 0.3) is 5.91 Å². The lowest BCUT2D eigenvalue weighted by Crippen LogP contribution is -2.11. The van der Waals surface area contributed by atoms with Crippen molar-refractivity contribution < 1.29 is 14.0 Å². The number of fused-ring (bicyclic) bond motifs is 1. The minimum absolute atomic E-state index is 0.216. The van der Waals surface area contributed by atoms with Gasteiger partial charge in [-0.2, -0.15) is 0 Å². The van der Waals surface area contributed by atoms with Gasteiger partial charge in [-0.05, 0) is 61.5 Å². The van der Waals surface area contributed by atoms with Crippen molar-refractivity contribution in [3.8, 4) is 0 Å². The molecule has 0 saturated carbocycles. The van der Waals surface area contributed by atoms with Crippen LogP contribution in [0.15, 0.2) is 71.4 Å². The average molecular weight is 391 g/mol. The lowest BCUT2D eigenvalue weighted by Gasteiger charge is -2.05. The van der Waals surface area contributed by atoms with E-state index in [0.29, 0.717) is 33.0 Å². The van der Waals surface area contributed by atoms with Crippen LogP contribution in [0, 0.1) is 6.92 Å². The molecule has 0 fully saturated rings. The second-order valence-corrected chi connectivity index (χ2v) is 6.74. The first-order chi connectivity index (χ1) is 13.5. The number of halogens is 1. The Kier molecular flexibility index (Phi) is 4.67. The summed E-state index contributed by atoms with van der Waals surface area (Å²) in [6.45, 7) is 1.82. The number of furan rings is 1. The number of hydrogen-bond acceptors (Lipinski definition) is 4. The van der Waals surface area contributed by atoms with Crippen LogP contribution in [0.2, 0.25) is 5.02 Å². The van der Waals surface area contributed by atoms with Crippen LogP contribution in [0.25, 0.3) is 11.0 Å². The molecule has 1 N–H and O–H groups in total. The van der Waals surface area contributed by atoms with E-state index in [1.54, 1.807) is 60.8 Å². The molecule has 2 heterocycles. The molecule has 0 saturated heterocycles. The molecule has 5 nitrogen and oxygen atoms in total. The Morgan fingerprint density at radius 1 is 1.04 bits per heavy atom. The zero-order valence-corrected chi connectivity index (χ0v) is 15.7. The van der Waals surface area contributed by atoms with Crippen LogP contribution in [0.3, 0.4) is 0 Å². The van der Waals surface area contributed by atoms with E-state index in [1.807, 2.05) is 6.92 Å². The monoisotopic (exact) mass is 390 g/mol. The lowest BCUT2D eigenvalue weighted by atomic mass is 10.0. The zero-order chi connectivity index (χ0) is 19.7. The number of carbonyl (C=O) groups excluding carboxylic acids is 2. The highest BCUT2D eigenvalue weighted by Crippen LogP contribution is 2.30. The standard InChI is InChI=1S/C22H15ClN2O3/c1-13-18-11-17(25-22(27)15-3-2-10-24-12-15)8-9-19(18)28-21(13)20(26)14-4-6-16(23)7-5-14/h2-12H,1H3,(H,25,27). The van der Waals surface area contributed by atoms with Gasteiger partial charge in [0, 0.05) is 39.6 Å². The topological polar surface area (TPSA) is 72.2 Å². The van der Waals surface area contributed by atoms with Crippen molar-refractivity contribution in [3.63, 3.8) is 0 Å². The molecule has 2 aromatic heterocycles. The van der Waals surface area contributed by atoms with Crippen molar-refractivity contribution >= 4 is 39.9 Å². The van der Waals surface area contributed by atoms with Gasteiger partial charge in [0.1, 0.15) is 5.58 Å². The maximum Gasteiger partial charge on any atom is 0.257 e. The third kappa shape index (κ3) is 3.40. The van der Waals surface area contributed by atoms with Gasteiger partial charge < -0.3 is 9.73 Å². The summed E-state index contributed by atoms with van der Waals surface area (Å²) in [5.74, 6) is -0.203. The second kappa shape index (κ2) is 7.29. The minimum Gasteiger partial charge on any atom is -0.452 e. The molecular weight excluding hydrogens is 376 g/mol. The first-order valence-corrected chi connectivity index (χ1v) is 8.95. The Morgan fingerprint density at radius 3 is 2.54 bits per heavy atom. The minimum atomic E-state index is -0.258. The van der Waals surface area contributed by atoms with Crippen LogP contribution in [0.5, 0.6) is 0 Å². The molecule has 28 heavy (non-hydrogen) atoms. The van der Waals surface area contributed by atoms with Gasteiger partial charge in [-0.15, -0.1) is 0 Å². The largest absolute Gasteiger partial charge is 0.452 e. The number of aryl methyl sites for hydroxylation is 1. The van der Waals surface area contributed by atoms with E-state index in [0.717, 1.165) is 5.39 Å². The number of anilines is 1. The number of nitrogens with one attached hydrogen (secondary N) is 1. The molecule has 0 aliphatic heterocycles. The molecule has 4 rings (SSSR count). The second-order valence-electron chi connectivity index (χ2n) is 6.30. The first-order valence-electron chi connectivity index (χ1n) is 8.58. The zero-order valence-electron chi connectivity index (χ0n) is 14.9. The number of benzene rings is 2. The highest BCUT2D eigenvalue weighted by Gasteiger charge is 2.19. The van der Waals surface area contributed by atoms with Crippen molar-refractivity contribution in [2.45, 2.75) is 6.92 Å². The van der Waals surface area contributed by atoms with Crippen LogP contribution in [0.1, 0.15) is 32.0 Å². The molecule has 138 valence electrons. The molecule has 0 spiro atoms. The SMILES string of the molecule is Cc1c(C(=O)c2ccc(Cl)cc2)oc2ccc(NC(=O)c3cccnc3)cc12. The van der Waals surface area contributed by atoms with Crippen molar-refractivity contribution in [1.29, 1.82) is 0 Å². The number of aromatic nitrogens is 1. The Morgan fingerprint density at radius 2 is 1.82 bits per heavy atom. The third-order valence-corrected chi connectivity index (χ3v) is 4.68. The normalized spacial score (nSPS) is 10.8. The van der Waals surface area contributed by atoms with E-state index < -0.39 is 0 Å². The molecule has 6 heteroatoms. The van der Waals surface area contributed by atoms with Crippen LogP contribution >= 0.6 is 11.6 Å². The van der Waals surface area contributed by atoms with E-state index in [4.69, 9.17) is 16.0 Å². The molecule has 1 amide bonds. The predicted octanol–water partition coefficient (Wildman–Crippen LogP) is 5.27. The fraction of sp³-hybridized carbons (Fsp3) is 0.0455. The maximum absolute atomic E-state index is 12.8.